The lowest BCUT2D eigenvalue weighted by atomic mass is 10.0. The minimum Gasteiger partial charge on any atom is -0.385 e. The second-order valence-electron chi connectivity index (χ2n) is 4.66. The van der Waals surface area contributed by atoms with E-state index in [9.17, 15) is 8.42 Å². The van der Waals surface area contributed by atoms with Crippen LogP contribution in [0, 0.1) is 0 Å². The lowest BCUT2D eigenvalue weighted by molar-refractivity contribution is 0.599. The van der Waals surface area contributed by atoms with E-state index in [0.717, 1.165) is 30.6 Å². The number of hydrogen-bond acceptors (Lipinski definition) is 5. The molecule has 1 aromatic carbocycles. The minimum atomic E-state index is -3.64. The lowest BCUT2D eigenvalue weighted by Crippen LogP contribution is -2.18. The molecule has 0 fully saturated rings. The fraction of sp³-hybridized carbons (Fsp3) is 0.333. The molecule has 1 aliphatic heterocycles. The van der Waals surface area contributed by atoms with Crippen LogP contribution in [-0.4, -0.2) is 29.7 Å². The zero-order valence-electron chi connectivity index (χ0n) is 11.0. The summed E-state index contributed by atoms with van der Waals surface area (Å²) in [7, 11) is -2.01. The van der Waals surface area contributed by atoms with Crippen molar-refractivity contribution in [3.8, 4) is 0 Å². The van der Waals surface area contributed by atoms with Gasteiger partial charge in [0.15, 0.2) is 0 Å². The number of aromatic nitrogens is 3. The molecule has 1 aromatic heterocycles. The van der Waals surface area contributed by atoms with Crippen molar-refractivity contribution in [3.05, 3.63) is 30.1 Å². The van der Waals surface area contributed by atoms with Gasteiger partial charge >= 0.3 is 0 Å². The second-order valence-corrected chi connectivity index (χ2v) is 6.34. The number of anilines is 2. The van der Waals surface area contributed by atoms with Crippen molar-refractivity contribution in [2.24, 2.45) is 7.05 Å². The molecule has 0 aliphatic carbocycles. The zero-order valence-corrected chi connectivity index (χ0v) is 11.8. The molecular formula is C12H15N5O2S. The van der Waals surface area contributed by atoms with E-state index in [2.05, 4.69) is 20.1 Å². The number of nitrogens with one attached hydrogen (secondary N) is 2. The Kier molecular flexibility index (Phi) is 3.09. The number of benzene rings is 1. The van der Waals surface area contributed by atoms with Crippen LogP contribution in [0.5, 0.6) is 0 Å². The predicted octanol–water partition coefficient (Wildman–Crippen LogP) is 0.974. The van der Waals surface area contributed by atoms with Crippen LogP contribution in [0.15, 0.2) is 29.4 Å². The average Bonchev–Trinajstić information content (AvgIpc) is 2.83. The Hall–Kier alpha value is -2.09. The summed E-state index contributed by atoms with van der Waals surface area (Å²) < 4.78 is 28.5. The summed E-state index contributed by atoms with van der Waals surface area (Å²) in [6, 6.07) is 5.11. The van der Waals surface area contributed by atoms with E-state index in [1.807, 2.05) is 0 Å². The molecule has 0 radical (unpaired) electrons. The molecule has 0 amide bonds. The molecule has 0 saturated carbocycles. The smallest absolute Gasteiger partial charge is 0.264 e. The number of rotatable bonds is 3. The van der Waals surface area contributed by atoms with Crippen LogP contribution in [0.2, 0.25) is 0 Å². The highest BCUT2D eigenvalue weighted by Gasteiger charge is 2.19. The van der Waals surface area contributed by atoms with Crippen molar-refractivity contribution in [3.63, 3.8) is 0 Å². The number of fused-ring (bicyclic) bond motifs is 1. The number of aryl methyl sites for hydroxylation is 2. The molecule has 0 saturated heterocycles. The molecule has 8 heteroatoms. The Labute approximate surface area is 117 Å². The fourth-order valence-electron chi connectivity index (χ4n) is 2.19. The van der Waals surface area contributed by atoms with Crippen LogP contribution in [0.3, 0.4) is 0 Å². The molecule has 3 rings (SSSR count). The zero-order chi connectivity index (χ0) is 14.2. The summed E-state index contributed by atoms with van der Waals surface area (Å²) in [5.41, 5.74) is 2.03. The third-order valence-corrected chi connectivity index (χ3v) is 4.59. The van der Waals surface area contributed by atoms with E-state index in [-0.39, 0.29) is 10.8 Å². The van der Waals surface area contributed by atoms with E-state index in [0.29, 0.717) is 0 Å². The standard InChI is InChI=1S/C12H15N5O2S/c1-17-12(14-8-15-17)16-20(18,19)10-4-5-11-9(7-10)3-2-6-13-11/h4-5,7-8,13H,2-3,6H2,1H3,(H,14,15,16). The van der Waals surface area contributed by atoms with Crippen molar-refractivity contribution in [1.82, 2.24) is 14.8 Å². The van der Waals surface area contributed by atoms with E-state index in [1.165, 1.54) is 11.0 Å². The molecule has 2 aromatic rings. The molecule has 2 heterocycles. The highest BCUT2D eigenvalue weighted by molar-refractivity contribution is 7.92. The summed E-state index contributed by atoms with van der Waals surface area (Å²) >= 11 is 0. The van der Waals surface area contributed by atoms with Gasteiger partial charge in [-0.3, -0.25) is 0 Å². The summed E-state index contributed by atoms with van der Waals surface area (Å²) in [5.74, 6) is 0.195. The predicted molar refractivity (Wildman–Crippen MR) is 75.1 cm³/mol. The molecule has 7 nitrogen and oxygen atoms in total. The molecule has 0 atom stereocenters. The van der Waals surface area contributed by atoms with Crippen LogP contribution in [-0.2, 0) is 23.5 Å². The van der Waals surface area contributed by atoms with Gasteiger partial charge in [0, 0.05) is 19.3 Å². The number of sulfonamides is 1. The number of nitrogens with zero attached hydrogens (tertiary/aromatic N) is 3. The molecular weight excluding hydrogens is 278 g/mol. The van der Waals surface area contributed by atoms with Crippen molar-refractivity contribution in [2.75, 3.05) is 16.6 Å². The van der Waals surface area contributed by atoms with Gasteiger partial charge in [-0.25, -0.2) is 17.8 Å². The van der Waals surface area contributed by atoms with Gasteiger partial charge in [0.1, 0.15) is 6.33 Å². The van der Waals surface area contributed by atoms with E-state index >= 15 is 0 Å². The molecule has 1 aliphatic rings. The minimum absolute atomic E-state index is 0.195. The van der Waals surface area contributed by atoms with E-state index in [1.54, 1.807) is 25.2 Å². The lowest BCUT2D eigenvalue weighted by Gasteiger charge is -2.18. The number of hydrogen-bond donors (Lipinski definition) is 2. The average molecular weight is 293 g/mol. The van der Waals surface area contributed by atoms with Gasteiger partial charge in [0.2, 0.25) is 5.95 Å². The fourth-order valence-corrected chi connectivity index (χ4v) is 3.27. The van der Waals surface area contributed by atoms with Crippen molar-refractivity contribution >= 4 is 21.7 Å². The van der Waals surface area contributed by atoms with Crippen LogP contribution >= 0.6 is 0 Å². The third kappa shape index (κ3) is 2.34. The second kappa shape index (κ2) is 4.78. The summed E-state index contributed by atoms with van der Waals surface area (Å²) in [5, 5.41) is 7.09. The van der Waals surface area contributed by atoms with Crippen molar-refractivity contribution in [2.45, 2.75) is 17.7 Å². The topological polar surface area (TPSA) is 88.9 Å². The molecule has 106 valence electrons. The molecule has 0 spiro atoms. The first kappa shape index (κ1) is 12.9. The van der Waals surface area contributed by atoms with E-state index < -0.39 is 10.0 Å². The Morgan fingerprint density at radius 1 is 1.40 bits per heavy atom. The van der Waals surface area contributed by atoms with Gasteiger partial charge in [-0.1, -0.05) is 0 Å². The molecule has 2 N–H and O–H groups in total. The maximum Gasteiger partial charge on any atom is 0.264 e. The quantitative estimate of drug-likeness (QED) is 0.880. The van der Waals surface area contributed by atoms with Gasteiger partial charge in [0.25, 0.3) is 10.0 Å². The SMILES string of the molecule is Cn1ncnc1NS(=O)(=O)c1ccc2c(c1)CCCN2. The van der Waals surface area contributed by atoms with Crippen LogP contribution in [0.4, 0.5) is 11.6 Å². The van der Waals surface area contributed by atoms with Gasteiger partial charge in [0.05, 0.1) is 4.90 Å². The van der Waals surface area contributed by atoms with Crippen LogP contribution in [0.25, 0.3) is 0 Å². The maximum atomic E-state index is 12.3. The van der Waals surface area contributed by atoms with Gasteiger partial charge in [-0.05, 0) is 36.6 Å². The Bertz CT molecular complexity index is 738. The van der Waals surface area contributed by atoms with Gasteiger partial charge < -0.3 is 5.32 Å². The van der Waals surface area contributed by atoms with E-state index in [4.69, 9.17) is 0 Å². The van der Waals surface area contributed by atoms with Crippen molar-refractivity contribution in [1.29, 1.82) is 0 Å². The molecule has 0 bridgehead atoms. The maximum absolute atomic E-state index is 12.3. The monoisotopic (exact) mass is 293 g/mol. The summed E-state index contributed by atoms with van der Waals surface area (Å²) in [6.45, 7) is 0.927. The summed E-state index contributed by atoms with van der Waals surface area (Å²) in [6.07, 6.45) is 3.19. The van der Waals surface area contributed by atoms with Crippen molar-refractivity contribution < 1.29 is 8.42 Å². The highest BCUT2D eigenvalue weighted by Crippen LogP contribution is 2.25. The normalized spacial score (nSPS) is 14.4. The Morgan fingerprint density at radius 3 is 3.00 bits per heavy atom. The highest BCUT2D eigenvalue weighted by atomic mass is 32.2. The largest absolute Gasteiger partial charge is 0.385 e. The first-order chi connectivity index (χ1) is 9.56. The molecule has 0 unspecified atom stereocenters. The van der Waals surface area contributed by atoms with Crippen LogP contribution < -0.4 is 10.0 Å². The first-order valence-corrected chi connectivity index (χ1v) is 7.78. The van der Waals surface area contributed by atoms with Gasteiger partial charge in [-0.15, -0.1) is 0 Å². The van der Waals surface area contributed by atoms with Gasteiger partial charge in [-0.2, -0.15) is 10.1 Å². The molecule has 20 heavy (non-hydrogen) atoms. The Balaban J connectivity index is 1.93. The first-order valence-electron chi connectivity index (χ1n) is 6.30. The van der Waals surface area contributed by atoms with Crippen LogP contribution in [0.1, 0.15) is 12.0 Å². The summed E-state index contributed by atoms with van der Waals surface area (Å²) in [4.78, 5) is 4.10. The Morgan fingerprint density at radius 2 is 2.25 bits per heavy atom. The third-order valence-electron chi connectivity index (χ3n) is 3.26.